The molecule has 4 fully saturated rings. The molecule has 37 nitrogen and oxygen atoms in total. The number of phenolic OH excluding ortho intramolecular Hbond substituents is 2. The third-order valence-corrected chi connectivity index (χ3v) is 30.4. The number of hydrogen-bond acceptors (Lipinski definition) is 28. The summed E-state index contributed by atoms with van der Waals surface area (Å²) in [6.07, 6.45) is 4.02. The van der Waals surface area contributed by atoms with Crippen LogP contribution in [-0.4, -0.2) is 222 Å². The summed E-state index contributed by atoms with van der Waals surface area (Å²) in [5.74, 6) is -1.04. The van der Waals surface area contributed by atoms with Gasteiger partial charge in [-0.2, -0.15) is 17.2 Å². The Kier molecular flexibility index (Phi) is 32.1. The Morgan fingerprint density at radius 2 is 0.599 bits per heavy atom. The smallest absolute Gasteiger partial charge is 0.322 e. The Morgan fingerprint density at radius 3 is 0.861 bits per heavy atom. The first-order valence-electron chi connectivity index (χ1n) is 44.3. The van der Waals surface area contributed by atoms with Crippen LogP contribution in [0, 0.1) is 60.1 Å². The highest BCUT2D eigenvalue weighted by molar-refractivity contribution is 7.90. The number of rotatable bonds is 23. The third-order valence-electron chi connectivity index (χ3n) is 23.0. The topological polar surface area (TPSA) is 486 Å². The van der Waals surface area contributed by atoms with Gasteiger partial charge in [-0.05, 0) is 257 Å². The number of anilines is 4. The normalized spacial score (nSPS) is 19.1. The molecular formula is C95H109FN18O19S4. The van der Waals surface area contributed by atoms with Crippen molar-refractivity contribution in [3.05, 3.63) is 227 Å². The summed E-state index contributed by atoms with van der Waals surface area (Å²) in [4.78, 5) is 66.7. The van der Waals surface area contributed by atoms with Gasteiger partial charge >= 0.3 is 24.1 Å². The molecule has 6 N–H and O–H groups in total. The maximum atomic E-state index is 13.5. The number of aromatic nitrogens is 8. The van der Waals surface area contributed by atoms with Gasteiger partial charge in [0, 0.05) is 118 Å². The van der Waals surface area contributed by atoms with E-state index in [1.807, 2.05) is 97.2 Å². The van der Waals surface area contributed by atoms with E-state index in [-0.39, 0.29) is 113 Å². The van der Waals surface area contributed by atoms with Crippen molar-refractivity contribution in [1.82, 2.24) is 67.8 Å². The van der Waals surface area contributed by atoms with Crippen LogP contribution < -0.4 is 21.3 Å². The maximum absolute atomic E-state index is 13.5. The number of phenols is 2. The zero-order valence-electron chi connectivity index (χ0n) is 77.7. The molecule has 0 radical (unpaired) electrons. The second kappa shape index (κ2) is 43.4. The second-order valence-electron chi connectivity index (χ2n) is 36.0. The van der Waals surface area contributed by atoms with E-state index < -0.39 is 81.2 Å². The van der Waals surface area contributed by atoms with Gasteiger partial charge < -0.3 is 37.7 Å². The van der Waals surface area contributed by atoms with Crippen molar-refractivity contribution in [2.75, 3.05) is 102 Å². The number of aryl methyl sites for hydroxylation is 1. The molecule has 0 saturated carbocycles. The van der Waals surface area contributed by atoms with Crippen molar-refractivity contribution >= 4 is 93.7 Å². The molecule has 137 heavy (non-hydrogen) atoms. The zero-order valence-corrected chi connectivity index (χ0v) is 81.0. The van der Waals surface area contributed by atoms with E-state index in [0.717, 1.165) is 66.6 Å². The number of nitrogens with zero attached hydrogens (tertiary/aromatic N) is 14. The highest BCUT2D eigenvalue weighted by atomic mass is 32.2. The lowest BCUT2D eigenvalue weighted by molar-refractivity contribution is 0.0823. The van der Waals surface area contributed by atoms with Crippen LogP contribution in [-0.2, 0) is 46.6 Å². The molecule has 724 valence electrons. The molecule has 0 spiro atoms. The Bertz CT molecular complexity index is 6750. The van der Waals surface area contributed by atoms with Crippen LogP contribution >= 0.6 is 0 Å². The van der Waals surface area contributed by atoms with E-state index in [4.69, 9.17) is 17.7 Å². The van der Waals surface area contributed by atoms with Gasteiger partial charge in [0.05, 0.1) is 25.1 Å². The minimum absolute atomic E-state index is 0.0291. The van der Waals surface area contributed by atoms with Crippen LogP contribution in [0.15, 0.2) is 219 Å². The first-order valence-corrected chi connectivity index (χ1v) is 50.0. The van der Waals surface area contributed by atoms with Gasteiger partial charge in [-0.3, -0.25) is 45.2 Å². The van der Waals surface area contributed by atoms with Gasteiger partial charge in [-0.1, -0.05) is 106 Å². The molecule has 8 heterocycles. The van der Waals surface area contributed by atoms with Crippen LogP contribution in [0.1, 0.15) is 144 Å². The van der Waals surface area contributed by atoms with Crippen molar-refractivity contribution in [3.63, 3.8) is 0 Å². The molecule has 42 heteroatoms. The summed E-state index contributed by atoms with van der Waals surface area (Å²) < 4.78 is 146. The lowest BCUT2D eigenvalue weighted by Crippen LogP contribution is -2.42. The Balaban J connectivity index is 0.000000155. The first kappa shape index (κ1) is 101. The third kappa shape index (κ3) is 25.6. The number of nitrogens with one attached hydrogen (secondary N) is 4. The molecule has 0 aliphatic carbocycles. The van der Waals surface area contributed by atoms with E-state index in [9.17, 15) is 72.2 Å². The van der Waals surface area contributed by atoms with Gasteiger partial charge in [-0.25, -0.2) is 38.1 Å². The van der Waals surface area contributed by atoms with Gasteiger partial charge in [0.2, 0.25) is 63.7 Å². The fourth-order valence-electron chi connectivity index (χ4n) is 16.7. The summed E-state index contributed by atoms with van der Waals surface area (Å²) >= 11 is 0. The molecule has 8 aromatic carbocycles. The average molecular weight is 1950 g/mol. The molecule has 16 rings (SSSR count). The lowest BCUT2D eigenvalue weighted by atomic mass is 9.94. The largest absolute Gasteiger partial charge is 0.507 e. The number of sulfonamides is 4. The number of piperidine rings is 4. The molecule has 4 aliphatic heterocycles. The fourth-order valence-corrected chi connectivity index (χ4v) is 23.4. The van der Waals surface area contributed by atoms with Crippen molar-refractivity contribution in [3.8, 4) is 57.3 Å². The molecule has 0 bridgehead atoms. The monoisotopic (exact) mass is 1950 g/mol. The van der Waals surface area contributed by atoms with Crippen LogP contribution in [0.25, 0.3) is 45.8 Å². The van der Waals surface area contributed by atoms with E-state index >= 15 is 0 Å². The summed E-state index contributed by atoms with van der Waals surface area (Å²) in [5, 5.41) is 60.2. The van der Waals surface area contributed by atoms with Crippen molar-refractivity contribution in [1.29, 1.82) is 0 Å². The Labute approximate surface area is 793 Å². The summed E-state index contributed by atoms with van der Waals surface area (Å²) in [7, 11) is -7.39. The van der Waals surface area contributed by atoms with Gasteiger partial charge in [-0.15, -0.1) is 20.4 Å². The molecule has 0 unspecified atom stereocenters. The quantitative estimate of drug-likeness (QED) is 0.0346. The molecule has 4 aliphatic rings. The predicted octanol–water partition coefficient (Wildman–Crippen LogP) is 14.2. The minimum atomic E-state index is -3.66. The Hall–Kier alpha value is -13.2. The van der Waals surface area contributed by atoms with Gasteiger partial charge in [0.15, 0.2) is 11.6 Å². The van der Waals surface area contributed by atoms with E-state index in [1.165, 1.54) is 143 Å². The number of aromatic hydroxyl groups is 2. The SMILES string of the molecule is C[C@@H]1C[C@H](C)CN(S(=O)(=O)c2ccc(C(=O)Nc3nnc(-c4ccc(CN(C)C)cc4)o3)cc2)C1.C[C@@H]1C[C@H](C)CN(S(=O)(=O)c2ccc(C(=O)Nc3nnc(-c4ccc(O)c(C(=O)N(C)C)c4)o3)cc2)C1.C[C@@H]1C[C@H](C)CN(S(=O)(=O)c2ccc(C(=O)Nc3nnc(-c4ccc(O)c(F)c4)o3)cc2)C1.Cc1ccc(-c2nnc(NC(=O)c3ccc(S(=O)(=O)N4C[C@H](C)C[C@H](C)C4)cc3)o2)cc1. The average Bonchev–Trinajstić information content (AvgIpc) is 1.19. The number of carbonyl (C=O) groups excluding carboxylic acids is 5. The molecule has 8 atom stereocenters. The molecule has 4 saturated heterocycles. The van der Waals surface area contributed by atoms with Crippen LogP contribution in [0.2, 0.25) is 0 Å². The summed E-state index contributed by atoms with van der Waals surface area (Å²) in [5.41, 5.74) is 5.42. The highest BCUT2D eigenvalue weighted by Crippen LogP contribution is 2.36. The van der Waals surface area contributed by atoms with Crippen molar-refractivity contribution < 1.29 is 89.9 Å². The molecule has 4 aromatic heterocycles. The van der Waals surface area contributed by atoms with Gasteiger partial charge in [0.25, 0.3) is 29.5 Å². The van der Waals surface area contributed by atoms with E-state index in [1.54, 1.807) is 14.1 Å². The van der Waals surface area contributed by atoms with Crippen molar-refractivity contribution in [2.45, 2.75) is 114 Å². The summed E-state index contributed by atoms with van der Waals surface area (Å²) in [6, 6.07) is 45.8. The minimum Gasteiger partial charge on any atom is -0.507 e. The standard InChI is InChI=1S/C25H29N5O6S.C25H31N5O4S.C23H26N4O4S.C22H23FN4O5S/c1-15-11-16(2)14-30(13-15)37(34,35)19-8-5-17(6-9-19)22(32)26-25-28-27-23(36-25)18-7-10-21(31)20(12-18)24(33)29(3)4;1-17-13-18(2)15-30(14-17)35(32,33)22-11-9-20(10-12-22)23(31)26-25-28-27-24(34-25)21-7-5-19(6-8-21)16-29(3)4;1-15-4-6-19(7-5-15)22-25-26-23(31-22)24-21(28)18-8-10-20(11-9-18)32(29,30)27-13-16(2)12-17(3)14-27;1-13-9-14(2)12-27(11-13)33(30,31)17-6-3-15(4-7-17)20(29)24-22-26-25-21(32-22)16-5-8-19(28)18(23)10-16/h5-10,12,15-16,31H,11,13-14H2,1-4H3,(H,26,28,32);5-12,17-18H,13-16H2,1-4H3,(H,26,28,31);4-11,16-17H,12-14H2,1-3H3,(H,24,26,28);3-8,10,13-14,28H,9,11-12H2,1-2H3,(H,24,26,29)/t15-,16+;17-,18+;16-,17+;13-,14+. The molecule has 12 aromatic rings. The predicted molar refractivity (Wildman–Crippen MR) is 507 cm³/mol. The fraction of sp³-hybridized carbons (Fsp3) is 0.358. The number of halogens is 1. The molecule has 5 amide bonds. The van der Waals surface area contributed by atoms with E-state index in [0.29, 0.717) is 98.9 Å². The molecular weight excluding hydrogens is 1840 g/mol. The van der Waals surface area contributed by atoms with E-state index in [2.05, 4.69) is 94.7 Å². The number of benzene rings is 8. The van der Waals surface area contributed by atoms with Crippen LogP contribution in [0.5, 0.6) is 11.5 Å². The second-order valence-corrected chi connectivity index (χ2v) is 43.8. The summed E-state index contributed by atoms with van der Waals surface area (Å²) in [6.45, 7) is 23.1. The lowest BCUT2D eigenvalue weighted by Gasteiger charge is -2.34. The first-order chi connectivity index (χ1) is 64.9. The number of carbonyl (C=O) groups is 5. The van der Waals surface area contributed by atoms with Crippen LogP contribution in [0.3, 0.4) is 0 Å². The van der Waals surface area contributed by atoms with Crippen molar-refractivity contribution in [2.24, 2.45) is 47.3 Å². The van der Waals surface area contributed by atoms with Gasteiger partial charge in [0.1, 0.15) is 5.75 Å². The maximum Gasteiger partial charge on any atom is 0.322 e. The number of amides is 5. The van der Waals surface area contributed by atoms with Crippen LogP contribution in [0.4, 0.5) is 28.4 Å². The Morgan fingerprint density at radius 1 is 0.350 bits per heavy atom. The zero-order chi connectivity index (χ0) is 98.7. The number of hydrogen-bond donors (Lipinski definition) is 6. The highest BCUT2D eigenvalue weighted by Gasteiger charge is 2.37.